The van der Waals surface area contributed by atoms with E-state index < -0.39 is 0 Å². The molecule has 0 spiro atoms. The Kier molecular flexibility index (Phi) is 7.76. The lowest BCUT2D eigenvalue weighted by molar-refractivity contribution is -0.139. The highest BCUT2D eigenvalue weighted by Gasteiger charge is 2.34. The van der Waals surface area contributed by atoms with Gasteiger partial charge in [0.05, 0.1) is 12.6 Å². The van der Waals surface area contributed by atoms with Gasteiger partial charge in [0, 0.05) is 25.6 Å². The van der Waals surface area contributed by atoms with Crippen LogP contribution in [0.15, 0.2) is 0 Å². The van der Waals surface area contributed by atoms with Gasteiger partial charge >= 0.3 is 0 Å². The van der Waals surface area contributed by atoms with Crippen molar-refractivity contribution >= 4 is 40.3 Å². The number of hydrogen-bond acceptors (Lipinski definition) is 4. The van der Waals surface area contributed by atoms with Crippen LogP contribution in [0.25, 0.3) is 0 Å². The molecular weight excluding hydrogens is 452 g/mol. The van der Waals surface area contributed by atoms with E-state index in [1.807, 2.05) is 9.80 Å². The van der Waals surface area contributed by atoms with E-state index in [2.05, 4.69) is 26.9 Å². The standard InChI is InChI=1S/C17H29IN3O3P/c18-25-24-15-7-11-20(12-15)17(23)13-21-14(5-6-16(21)22)4-3-10-19-8-1-2-9-19/h14-15,25H,1-13H2. The molecule has 3 rings (SSSR count). The van der Waals surface area contributed by atoms with Gasteiger partial charge < -0.3 is 19.2 Å². The lowest BCUT2D eigenvalue weighted by Gasteiger charge is -2.27. The summed E-state index contributed by atoms with van der Waals surface area (Å²) >= 11 is 2.22. The van der Waals surface area contributed by atoms with Gasteiger partial charge in [0.15, 0.2) is 0 Å². The fraction of sp³-hybridized carbons (Fsp3) is 0.882. The molecule has 0 aliphatic carbocycles. The van der Waals surface area contributed by atoms with Gasteiger partial charge in [-0.1, -0.05) is 0 Å². The van der Waals surface area contributed by atoms with Crippen molar-refractivity contribution in [2.24, 2.45) is 0 Å². The van der Waals surface area contributed by atoms with Gasteiger partial charge in [-0.05, 0) is 80.2 Å². The van der Waals surface area contributed by atoms with E-state index in [-0.39, 0.29) is 30.5 Å². The molecule has 0 bridgehead atoms. The summed E-state index contributed by atoms with van der Waals surface area (Å²) < 4.78 is 5.63. The van der Waals surface area contributed by atoms with Crippen LogP contribution in [-0.4, -0.2) is 77.9 Å². The number of halogens is 1. The molecular formula is C17H29IN3O3P. The number of rotatable bonds is 8. The molecule has 3 heterocycles. The molecule has 6 nitrogen and oxygen atoms in total. The molecule has 0 saturated carbocycles. The molecule has 142 valence electrons. The maximum Gasteiger partial charge on any atom is 0.242 e. The number of nitrogens with zero attached hydrogens (tertiary/aromatic N) is 3. The molecule has 3 saturated heterocycles. The first-order valence-electron chi connectivity index (χ1n) is 9.48. The van der Waals surface area contributed by atoms with Crippen molar-refractivity contribution in [1.29, 1.82) is 0 Å². The predicted molar refractivity (Wildman–Crippen MR) is 108 cm³/mol. The number of carbonyl (C=O) groups is 2. The van der Waals surface area contributed by atoms with Crippen LogP contribution < -0.4 is 0 Å². The van der Waals surface area contributed by atoms with Crippen LogP contribution in [-0.2, 0) is 14.1 Å². The van der Waals surface area contributed by atoms with Crippen LogP contribution in [0, 0.1) is 0 Å². The maximum atomic E-state index is 12.6. The van der Waals surface area contributed by atoms with Crippen molar-refractivity contribution in [2.45, 2.75) is 57.1 Å². The molecule has 0 radical (unpaired) electrons. The molecule has 3 aliphatic heterocycles. The summed E-state index contributed by atoms with van der Waals surface area (Å²) in [7, 11) is 0. The summed E-state index contributed by atoms with van der Waals surface area (Å²) in [6, 6.07) is 0.254. The third-order valence-corrected chi connectivity index (χ3v) is 6.86. The second-order valence-electron chi connectivity index (χ2n) is 7.35. The zero-order chi connectivity index (χ0) is 17.6. The van der Waals surface area contributed by atoms with E-state index in [0.717, 1.165) is 38.8 Å². The van der Waals surface area contributed by atoms with Crippen molar-refractivity contribution in [1.82, 2.24) is 14.7 Å². The first kappa shape index (κ1) is 19.8. The van der Waals surface area contributed by atoms with Crippen molar-refractivity contribution < 1.29 is 14.1 Å². The zero-order valence-corrected chi connectivity index (χ0v) is 17.9. The smallest absolute Gasteiger partial charge is 0.242 e. The second kappa shape index (κ2) is 9.81. The van der Waals surface area contributed by atoms with Gasteiger partial charge in [-0.2, -0.15) is 0 Å². The largest absolute Gasteiger partial charge is 0.347 e. The molecule has 0 aromatic rings. The van der Waals surface area contributed by atoms with Gasteiger partial charge in [-0.3, -0.25) is 9.59 Å². The van der Waals surface area contributed by atoms with Gasteiger partial charge in [0.25, 0.3) is 0 Å². The summed E-state index contributed by atoms with van der Waals surface area (Å²) in [5.41, 5.74) is 0. The molecule has 3 aliphatic rings. The van der Waals surface area contributed by atoms with Crippen molar-refractivity contribution in [3.8, 4) is 0 Å². The zero-order valence-electron chi connectivity index (χ0n) is 14.8. The normalized spacial score (nSPS) is 28.1. The van der Waals surface area contributed by atoms with Crippen molar-refractivity contribution in [3.05, 3.63) is 0 Å². The van der Waals surface area contributed by atoms with E-state index in [1.165, 1.54) is 25.9 Å². The van der Waals surface area contributed by atoms with E-state index in [0.29, 0.717) is 19.4 Å². The topological polar surface area (TPSA) is 53.1 Å². The minimum Gasteiger partial charge on any atom is -0.347 e. The Morgan fingerprint density at radius 1 is 1.24 bits per heavy atom. The van der Waals surface area contributed by atoms with E-state index in [4.69, 9.17) is 4.52 Å². The highest BCUT2D eigenvalue weighted by molar-refractivity contribution is 14.2. The van der Waals surface area contributed by atoms with Crippen LogP contribution >= 0.6 is 28.5 Å². The average Bonchev–Trinajstić information content (AvgIpc) is 3.33. The highest BCUT2D eigenvalue weighted by Crippen LogP contribution is 2.29. The summed E-state index contributed by atoms with van der Waals surface area (Å²) in [4.78, 5) is 31.1. The Labute approximate surface area is 165 Å². The lowest BCUT2D eigenvalue weighted by atomic mass is 10.1. The Balaban J connectivity index is 1.44. The number of likely N-dealkylation sites (tertiary alicyclic amines) is 3. The monoisotopic (exact) mass is 481 g/mol. The molecule has 3 unspecified atom stereocenters. The Morgan fingerprint density at radius 2 is 2.04 bits per heavy atom. The van der Waals surface area contributed by atoms with Crippen LogP contribution in [0.2, 0.25) is 0 Å². The quantitative estimate of drug-likeness (QED) is 0.395. The molecule has 8 heteroatoms. The van der Waals surface area contributed by atoms with Crippen LogP contribution in [0.1, 0.15) is 44.9 Å². The number of carbonyl (C=O) groups excluding carboxylic acids is 2. The second-order valence-corrected chi connectivity index (χ2v) is 9.06. The van der Waals surface area contributed by atoms with E-state index >= 15 is 0 Å². The molecule has 3 atom stereocenters. The Morgan fingerprint density at radius 3 is 2.80 bits per heavy atom. The first-order chi connectivity index (χ1) is 12.2. The van der Waals surface area contributed by atoms with Gasteiger partial charge in [0.1, 0.15) is 6.54 Å². The molecule has 0 aromatic heterocycles. The fourth-order valence-electron chi connectivity index (χ4n) is 4.23. The summed E-state index contributed by atoms with van der Waals surface area (Å²) in [6.45, 7) is 5.71. The summed E-state index contributed by atoms with van der Waals surface area (Å²) in [5, 5.41) is 0. The van der Waals surface area contributed by atoms with Gasteiger partial charge in [-0.25, -0.2) is 0 Å². The van der Waals surface area contributed by atoms with Crippen LogP contribution in [0.4, 0.5) is 0 Å². The summed E-state index contributed by atoms with van der Waals surface area (Å²) in [5.74, 6) is 0.239. The Bertz CT molecular complexity index is 476. The molecule has 0 aromatic carbocycles. The van der Waals surface area contributed by atoms with Crippen LogP contribution in [0.3, 0.4) is 0 Å². The molecule has 0 N–H and O–H groups in total. The van der Waals surface area contributed by atoms with Crippen molar-refractivity contribution in [3.63, 3.8) is 0 Å². The minimum absolute atomic E-state index is 0.0858. The SMILES string of the molecule is O=C(CN1C(=O)CCC1CCCN1CCCC1)N1CCC(OPI)C1. The third kappa shape index (κ3) is 5.50. The molecule has 25 heavy (non-hydrogen) atoms. The predicted octanol–water partition coefficient (Wildman–Crippen LogP) is 2.41. The van der Waals surface area contributed by atoms with Crippen LogP contribution in [0.5, 0.6) is 0 Å². The summed E-state index contributed by atoms with van der Waals surface area (Å²) in [6.07, 6.45) is 7.38. The highest BCUT2D eigenvalue weighted by atomic mass is 127. The molecule has 2 amide bonds. The minimum atomic E-state index is 0.0858. The fourth-order valence-corrected chi connectivity index (χ4v) is 5.62. The van der Waals surface area contributed by atoms with Crippen molar-refractivity contribution in [2.75, 3.05) is 39.3 Å². The molecule has 3 fully saturated rings. The maximum absolute atomic E-state index is 12.6. The average molecular weight is 481 g/mol. The first-order valence-corrected chi connectivity index (χ1v) is 13.5. The lowest BCUT2D eigenvalue weighted by Crippen LogP contribution is -2.43. The number of amides is 2. The van der Waals surface area contributed by atoms with E-state index in [1.54, 1.807) is 0 Å². The Hall–Kier alpha value is 0.0200. The van der Waals surface area contributed by atoms with E-state index in [9.17, 15) is 9.59 Å². The van der Waals surface area contributed by atoms with Gasteiger partial charge in [0.2, 0.25) is 11.8 Å². The third-order valence-electron chi connectivity index (χ3n) is 5.68. The number of hydrogen-bond donors (Lipinski definition) is 0. The van der Waals surface area contributed by atoms with Gasteiger partial charge in [-0.15, -0.1) is 0 Å².